The van der Waals surface area contributed by atoms with Crippen molar-refractivity contribution in [1.29, 1.82) is 0 Å². The monoisotopic (exact) mass is 196 g/mol. The Morgan fingerprint density at radius 3 is 2.64 bits per heavy atom. The van der Waals surface area contributed by atoms with Crippen molar-refractivity contribution in [1.82, 2.24) is 0 Å². The Balaban J connectivity index is 0.000000791. The van der Waals surface area contributed by atoms with E-state index in [2.05, 4.69) is 0 Å². The molecule has 3 nitrogen and oxygen atoms in total. The van der Waals surface area contributed by atoms with E-state index >= 15 is 0 Å². The number of aliphatic hydroxyl groups excluding tert-OH is 1. The molecule has 0 saturated heterocycles. The fraction of sp³-hybridized carbons (Fsp3) is 0.364. The molecule has 1 atom stereocenters. The Bertz CT molecular complexity index is 262. The van der Waals surface area contributed by atoms with Gasteiger partial charge in [0.1, 0.15) is 0 Å². The van der Waals surface area contributed by atoms with Crippen molar-refractivity contribution in [3.8, 4) is 0 Å². The second kappa shape index (κ2) is 7.09. The molecular formula is C11H16O3. The average molecular weight is 196 g/mol. The summed E-state index contributed by atoms with van der Waals surface area (Å²) in [5.74, 6) is -1.21. The maximum atomic E-state index is 10.4. The first-order valence-electron chi connectivity index (χ1n) is 4.66. The highest BCUT2D eigenvalue weighted by Crippen LogP contribution is 2.09. The maximum Gasteiger partial charge on any atom is 0.337 e. The lowest BCUT2D eigenvalue weighted by molar-refractivity contribution is -0.144. The van der Waals surface area contributed by atoms with Gasteiger partial charge in [0.05, 0.1) is 0 Å². The Kier molecular flexibility index (Phi) is 6.41. The van der Waals surface area contributed by atoms with Crippen LogP contribution >= 0.6 is 0 Å². The van der Waals surface area contributed by atoms with Gasteiger partial charge in [0, 0.05) is 0 Å². The normalized spacial score (nSPS) is 16.1. The second-order valence-electron chi connectivity index (χ2n) is 2.47. The SMILES string of the molecule is CC.O=C(O)C(O)C1=CCC=CC=C1. The van der Waals surface area contributed by atoms with Crippen LogP contribution in [-0.4, -0.2) is 22.3 Å². The van der Waals surface area contributed by atoms with Crippen LogP contribution in [0.1, 0.15) is 20.3 Å². The molecule has 3 heteroatoms. The first-order valence-corrected chi connectivity index (χ1v) is 4.66. The van der Waals surface area contributed by atoms with E-state index in [0.29, 0.717) is 12.0 Å². The molecule has 0 fully saturated rings. The minimum absolute atomic E-state index is 0.438. The van der Waals surface area contributed by atoms with Crippen LogP contribution < -0.4 is 0 Å². The molecule has 0 spiro atoms. The molecule has 0 bridgehead atoms. The summed E-state index contributed by atoms with van der Waals surface area (Å²) in [4.78, 5) is 10.4. The van der Waals surface area contributed by atoms with Crippen molar-refractivity contribution < 1.29 is 15.0 Å². The van der Waals surface area contributed by atoms with Crippen LogP contribution in [0.3, 0.4) is 0 Å². The number of carboxylic acid groups (broad SMARTS) is 1. The molecular weight excluding hydrogens is 180 g/mol. The first kappa shape index (κ1) is 12.7. The van der Waals surface area contributed by atoms with Gasteiger partial charge in [0.15, 0.2) is 6.10 Å². The summed E-state index contributed by atoms with van der Waals surface area (Å²) in [6.07, 6.45) is 7.97. The van der Waals surface area contributed by atoms with E-state index in [1.54, 1.807) is 18.2 Å². The molecule has 1 aliphatic carbocycles. The Labute approximate surface area is 84.1 Å². The van der Waals surface area contributed by atoms with Gasteiger partial charge in [-0.05, 0) is 12.0 Å². The maximum absolute atomic E-state index is 10.4. The van der Waals surface area contributed by atoms with Crippen LogP contribution in [-0.2, 0) is 4.79 Å². The van der Waals surface area contributed by atoms with Crippen molar-refractivity contribution >= 4 is 5.97 Å². The van der Waals surface area contributed by atoms with Crippen LogP contribution in [0.5, 0.6) is 0 Å². The third-order valence-corrected chi connectivity index (χ3v) is 1.58. The third-order valence-electron chi connectivity index (χ3n) is 1.58. The zero-order valence-corrected chi connectivity index (χ0v) is 8.47. The van der Waals surface area contributed by atoms with Gasteiger partial charge in [0.25, 0.3) is 0 Å². The topological polar surface area (TPSA) is 57.5 Å². The van der Waals surface area contributed by atoms with E-state index in [1.165, 1.54) is 0 Å². The van der Waals surface area contributed by atoms with Gasteiger partial charge in [-0.3, -0.25) is 0 Å². The minimum atomic E-state index is -1.40. The zero-order valence-electron chi connectivity index (χ0n) is 8.47. The molecule has 0 aromatic rings. The highest BCUT2D eigenvalue weighted by atomic mass is 16.4. The quantitative estimate of drug-likeness (QED) is 0.709. The fourth-order valence-electron chi connectivity index (χ4n) is 0.941. The van der Waals surface area contributed by atoms with Crippen LogP contribution in [0.15, 0.2) is 36.0 Å². The summed E-state index contributed by atoms with van der Waals surface area (Å²) in [6.45, 7) is 4.00. The first-order chi connectivity index (χ1) is 6.72. The molecule has 0 heterocycles. The molecule has 1 rings (SSSR count). The van der Waals surface area contributed by atoms with Gasteiger partial charge in [-0.25, -0.2) is 4.79 Å². The van der Waals surface area contributed by atoms with Gasteiger partial charge in [-0.15, -0.1) is 0 Å². The molecule has 0 saturated carbocycles. The van der Waals surface area contributed by atoms with Crippen molar-refractivity contribution in [2.75, 3.05) is 0 Å². The number of hydrogen-bond acceptors (Lipinski definition) is 2. The van der Waals surface area contributed by atoms with Crippen molar-refractivity contribution in [3.05, 3.63) is 36.0 Å². The molecule has 1 unspecified atom stereocenters. The number of carboxylic acids is 1. The lowest BCUT2D eigenvalue weighted by atomic mass is 10.1. The summed E-state index contributed by atoms with van der Waals surface area (Å²) in [5, 5.41) is 17.6. The van der Waals surface area contributed by atoms with Crippen LogP contribution in [0.25, 0.3) is 0 Å². The molecule has 78 valence electrons. The number of aliphatic carboxylic acids is 1. The van der Waals surface area contributed by atoms with E-state index < -0.39 is 12.1 Å². The predicted molar refractivity (Wildman–Crippen MR) is 56.0 cm³/mol. The zero-order chi connectivity index (χ0) is 11.0. The van der Waals surface area contributed by atoms with Crippen LogP contribution in [0.2, 0.25) is 0 Å². The lowest BCUT2D eigenvalue weighted by Gasteiger charge is -2.04. The van der Waals surface area contributed by atoms with E-state index in [-0.39, 0.29) is 0 Å². The minimum Gasteiger partial charge on any atom is -0.479 e. The Morgan fingerprint density at radius 1 is 1.43 bits per heavy atom. The second-order valence-corrected chi connectivity index (χ2v) is 2.47. The fourth-order valence-corrected chi connectivity index (χ4v) is 0.941. The Morgan fingerprint density at radius 2 is 2.07 bits per heavy atom. The molecule has 0 radical (unpaired) electrons. The Hall–Kier alpha value is -1.35. The molecule has 0 amide bonds. The van der Waals surface area contributed by atoms with Gasteiger partial charge in [-0.2, -0.15) is 0 Å². The summed E-state index contributed by atoms with van der Waals surface area (Å²) >= 11 is 0. The van der Waals surface area contributed by atoms with E-state index in [9.17, 15) is 4.79 Å². The largest absolute Gasteiger partial charge is 0.479 e. The molecule has 2 N–H and O–H groups in total. The molecule has 14 heavy (non-hydrogen) atoms. The van der Waals surface area contributed by atoms with E-state index in [0.717, 1.165) is 0 Å². The summed E-state index contributed by atoms with van der Waals surface area (Å²) in [7, 11) is 0. The summed E-state index contributed by atoms with van der Waals surface area (Å²) in [6, 6.07) is 0. The highest BCUT2D eigenvalue weighted by molar-refractivity contribution is 5.76. The molecule has 0 aromatic heterocycles. The van der Waals surface area contributed by atoms with Gasteiger partial charge in [-0.1, -0.05) is 44.2 Å². The van der Waals surface area contributed by atoms with Crippen molar-refractivity contribution in [2.45, 2.75) is 26.4 Å². The lowest BCUT2D eigenvalue weighted by Crippen LogP contribution is -2.20. The smallest absolute Gasteiger partial charge is 0.337 e. The average Bonchev–Trinajstić information content (AvgIpc) is 2.47. The summed E-state index contributed by atoms with van der Waals surface area (Å²) in [5.41, 5.74) is 0.438. The molecule has 0 aromatic carbocycles. The van der Waals surface area contributed by atoms with Gasteiger partial charge < -0.3 is 10.2 Å². The number of rotatable bonds is 2. The highest BCUT2D eigenvalue weighted by Gasteiger charge is 2.16. The standard InChI is InChI=1S/C9H10O3.C2H6/c10-8(9(11)12)7-5-3-1-2-4-6-7;1-2/h1-3,5-6,8,10H,4H2,(H,11,12);1-2H3. The number of hydrogen-bond donors (Lipinski definition) is 2. The van der Waals surface area contributed by atoms with Gasteiger partial charge in [0.2, 0.25) is 0 Å². The van der Waals surface area contributed by atoms with Gasteiger partial charge >= 0.3 is 5.97 Å². The predicted octanol–water partition coefficient (Wildman–Crippen LogP) is 1.90. The number of allylic oxidation sites excluding steroid dienone is 4. The van der Waals surface area contributed by atoms with Crippen LogP contribution in [0, 0.1) is 0 Å². The van der Waals surface area contributed by atoms with E-state index in [1.807, 2.05) is 26.0 Å². The van der Waals surface area contributed by atoms with Crippen molar-refractivity contribution in [3.63, 3.8) is 0 Å². The number of aliphatic hydroxyl groups is 1. The molecule has 1 aliphatic rings. The summed E-state index contributed by atoms with van der Waals surface area (Å²) < 4.78 is 0. The third kappa shape index (κ3) is 4.05. The number of carbonyl (C=O) groups is 1. The van der Waals surface area contributed by atoms with Crippen molar-refractivity contribution in [2.24, 2.45) is 0 Å². The van der Waals surface area contributed by atoms with Crippen LogP contribution in [0.4, 0.5) is 0 Å². The molecule has 0 aliphatic heterocycles. The van der Waals surface area contributed by atoms with E-state index in [4.69, 9.17) is 10.2 Å².